The zero-order valence-electron chi connectivity index (χ0n) is 16.9. The number of para-hydroxylation sites is 2. The van der Waals surface area contributed by atoms with Gasteiger partial charge in [-0.2, -0.15) is 0 Å². The fourth-order valence-electron chi connectivity index (χ4n) is 3.23. The molecule has 3 rings (SSSR count). The Morgan fingerprint density at radius 3 is 2.36 bits per heavy atom. The minimum Gasteiger partial charge on any atom is -0.494 e. The van der Waals surface area contributed by atoms with Crippen molar-refractivity contribution in [2.45, 2.75) is 26.9 Å². The fourth-order valence-corrected chi connectivity index (χ4v) is 3.23. The molecule has 1 N–H and O–H groups in total. The Bertz CT molecular complexity index is 769. The van der Waals surface area contributed by atoms with E-state index in [0.717, 1.165) is 36.0 Å². The molecule has 6 nitrogen and oxygen atoms in total. The van der Waals surface area contributed by atoms with Gasteiger partial charge in [0.25, 0.3) is 0 Å². The van der Waals surface area contributed by atoms with E-state index in [9.17, 15) is 4.79 Å². The van der Waals surface area contributed by atoms with Gasteiger partial charge >= 0.3 is 6.03 Å². The third-order valence-electron chi connectivity index (χ3n) is 4.55. The summed E-state index contributed by atoms with van der Waals surface area (Å²) >= 11 is 0. The van der Waals surface area contributed by atoms with Crippen molar-refractivity contribution in [3.8, 4) is 11.5 Å². The Hall–Kier alpha value is -2.89. The Labute approximate surface area is 167 Å². The third-order valence-corrected chi connectivity index (χ3v) is 4.55. The minimum atomic E-state index is -0.0736. The second-order valence-electron chi connectivity index (χ2n) is 7.00. The van der Waals surface area contributed by atoms with E-state index in [1.54, 1.807) is 0 Å². The van der Waals surface area contributed by atoms with Crippen LogP contribution in [0.15, 0.2) is 48.5 Å². The third kappa shape index (κ3) is 5.09. The monoisotopic (exact) mass is 383 g/mol. The first-order valence-electron chi connectivity index (χ1n) is 9.86. The number of carbonyl (C=O) groups is 1. The van der Waals surface area contributed by atoms with E-state index in [-0.39, 0.29) is 12.1 Å². The van der Waals surface area contributed by atoms with Crippen LogP contribution < -0.4 is 19.7 Å². The molecule has 0 aliphatic carbocycles. The molecular formula is C22H29N3O3. The predicted octanol–water partition coefficient (Wildman–Crippen LogP) is 4.23. The smallest absolute Gasteiger partial charge is 0.321 e. The molecule has 150 valence electrons. The molecule has 2 aromatic carbocycles. The van der Waals surface area contributed by atoms with Crippen molar-refractivity contribution in [3.05, 3.63) is 48.5 Å². The van der Waals surface area contributed by atoms with E-state index >= 15 is 0 Å². The largest absolute Gasteiger partial charge is 0.494 e. The SMILES string of the molecule is CCOc1ccc(NC(=O)N2CCN(c3ccccc3OC(C)C)CC2)cc1. The van der Waals surface area contributed by atoms with Gasteiger partial charge in [-0.3, -0.25) is 0 Å². The molecular weight excluding hydrogens is 354 g/mol. The summed E-state index contributed by atoms with van der Waals surface area (Å²) in [5.74, 6) is 1.70. The van der Waals surface area contributed by atoms with Crippen LogP contribution in [0.3, 0.4) is 0 Å². The maximum atomic E-state index is 12.6. The molecule has 0 unspecified atom stereocenters. The molecule has 2 aromatic rings. The van der Waals surface area contributed by atoms with Crippen molar-refractivity contribution < 1.29 is 14.3 Å². The van der Waals surface area contributed by atoms with E-state index in [0.29, 0.717) is 19.7 Å². The lowest BCUT2D eigenvalue weighted by atomic mass is 10.2. The summed E-state index contributed by atoms with van der Waals surface area (Å²) in [6, 6.07) is 15.5. The molecule has 28 heavy (non-hydrogen) atoms. The van der Waals surface area contributed by atoms with Gasteiger partial charge in [0.2, 0.25) is 0 Å². The number of carbonyl (C=O) groups excluding carboxylic acids is 1. The van der Waals surface area contributed by atoms with Crippen molar-refractivity contribution in [2.24, 2.45) is 0 Å². The van der Waals surface area contributed by atoms with Gasteiger partial charge in [-0.05, 0) is 57.2 Å². The lowest BCUT2D eigenvalue weighted by Gasteiger charge is -2.36. The zero-order valence-corrected chi connectivity index (χ0v) is 16.9. The second kappa shape index (κ2) is 9.35. The molecule has 1 heterocycles. The number of hydrogen-bond acceptors (Lipinski definition) is 4. The van der Waals surface area contributed by atoms with Gasteiger partial charge in [0.1, 0.15) is 11.5 Å². The number of benzene rings is 2. The van der Waals surface area contributed by atoms with Gasteiger partial charge in [-0.15, -0.1) is 0 Å². The van der Waals surface area contributed by atoms with Crippen molar-refractivity contribution in [1.82, 2.24) is 4.90 Å². The molecule has 0 aromatic heterocycles. The van der Waals surface area contributed by atoms with Gasteiger partial charge in [0.15, 0.2) is 0 Å². The molecule has 0 atom stereocenters. The van der Waals surface area contributed by atoms with Gasteiger partial charge in [-0.25, -0.2) is 4.79 Å². The van der Waals surface area contributed by atoms with Crippen LogP contribution in [0.2, 0.25) is 0 Å². The van der Waals surface area contributed by atoms with E-state index in [4.69, 9.17) is 9.47 Å². The Balaban J connectivity index is 1.56. The lowest BCUT2D eigenvalue weighted by Crippen LogP contribution is -2.50. The van der Waals surface area contributed by atoms with E-state index in [1.807, 2.05) is 68.1 Å². The molecule has 1 aliphatic rings. The van der Waals surface area contributed by atoms with Crippen LogP contribution in [0, 0.1) is 0 Å². The van der Waals surface area contributed by atoms with Crippen LogP contribution >= 0.6 is 0 Å². The number of amides is 2. The summed E-state index contributed by atoms with van der Waals surface area (Å²) < 4.78 is 11.4. The summed E-state index contributed by atoms with van der Waals surface area (Å²) in [7, 11) is 0. The Kier molecular flexibility index (Phi) is 6.63. The maximum Gasteiger partial charge on any atom is 0.321 e. The zero-order chi connectivity index (χ0) is 19.9. The van der Waals surface area contributed by atoms with Gasteiger partial charge in [0.05, 0.1) is 18.4 Å². The number of nitrogens with one attached hydrogen (secondary N) is 1. The number of ether oxygens (including phenoxy) is 2. The molecule has 1 saturated heterocycles. The Morgan fingerprint density at radius 1 is 1.04 bits per heavy atom. The van der Waals surface area contributed by atoms with E-state index in [2.05, 4.69) is 16.3 Å². The number of rotatable bonds is 6. The van der Waals surface area contributed by atoms with Crippen molar-refractivity contribution >= 4 is 17.4 Å². The summed E-state index contributed by atoms with van der Waals surface area (Å²) in [6.07, 6.45) is 0.127. The van der Waals surface area contributed by atoms with Crippen LogP contribution in [0.5, 0.6) is 11.5 Å². The molecule has 0 bridgehead atoms. The molecule has 0 spiro atoms. The van der Waals surface area contributed by atoms with E-state index in [1.165, 1.54) is 0 Å². The summed E-state index contributed by atoms with van der Waals surface area (Å²) in [4.78, 5) is 16.7. The summed E-state index contributed by atoms with van der Waals surface area (Å²) in [5, 5.41) is 2.96. The molecule has 0 radical (unpaired) electrons. The van der Waals surface area contributed by atoms with Crippen molar-refractivity contribution in [3.63, 3.8) is 0 Å². The van der Waals surface area contributed by atoms with E-state index < -0.39 is 0 Å². The number of anilines is 2. The minimum absolute atomic E-state index is 0.0736. The maximum absolute atomic E-state index is 12.6. The summed E-state index contributed by atoms with van der Waals surface area (Å²) in [6.45, 7) is 9.51. The van der Waals surface area contributed by atoms with Crippen molar-refractivity contribution in [2.75, 3.05) is 43.0 Å². The Morgan fingerprint density at radius 2 is 1.71 bits per heavy atom. The van der Waals surface area contributed by atoms with Gasteiger partial charge < -0.3 is 24.6 Å². The average Bonchev–Trinajstić information content (AvgIpc) is 2.70. The van der Waals surface area contributed by atoms with Crippen LogP contribution in [0.1, 0.15) is 20.8 Å². The first kappa shape index (κ1) is 19.9. The number of hydrogen-bond donors (Lipinski definition) is 1. The fraction of sp³-hybridized carbons (Fsp3) is 0.409. The molecule has 1 aliphatic heterocycles. The molecule has 0 saturated carbocycles. The predicted molar refractivity (Wildman–Crippen MR) is 113 cm³/mol. The highest BCUT2D eigenvalue weighted by atomic mass is 16.5. The normalized spacial score (nSPS) is 14.1. The molecule has 6 heteroatoms. The molecule has 2 amide bonds. The quantitative estimate of drug-likeness (QED) is 0.811. The first-order chi connectivity index (χ1) is 13.6. The topological polar surface area (TPSA) is 54.0 Å². The summed E-state index contributed by atoms with van der Waals surface area (Å²) in [5.41, 5.74) is 1.86. The standard InChI is InChI=1S/C22H29N3O3/c1-4-27-19-11-9-18(10-12-19)23-22(26)25-15-13-24(14-16-25)20-7-5-6-8-21(20)28-17(2)3/h5-12,17H,4,13-16H2,1-3H3,(H,23,26). The second-order valence-corrected chi connectivity index (χ2v) is 7.00. The number of urea groups is 1. The van der Waals surface area contributed by atoms with Crippen LogP contribution in [0.4, 0.5) is 16.2 Å². The average molecular weight is 383 g/mol. The van der Waals surface area contributed by atoms with Crippen LogP contribution in [-0.2, 0) is 0 Å². The van der Waals surface area contributed by atoms with Gasteiger partial charge in [0, 0.05) is 31.9 Å². The van der Waals surface area contributed by atoms with Crippen LogP contribution in [0.25, 0.3) is 0 Å². The highest BCUT2D eigenvalue weighted by molar-refractivity contribution is 5.89. The highest BCUT2D eigenvalue weighted by Gasteiger charge is 2.23. The number of piperazine rings is 1. The van der Waals surface area contributed by atoms with Crippen LogP contribution in [-0.4, -0.2) is 49.8 Å². The lowest BCUT2D eigenvalue weighted by molar-refractivity contribution is 0.207. The van der Waals surface area contributed by atoms with Crippen molar-refractivity contribution in [1.29, 1.82) is 0 Å². The first-order valence-corrected chi connectivity index (χ1v) is 9.86. The molecule has 1 fully saturated rings. The van der Waals surface area contributed by atoms with Gasteiger partial charge in [-0.1, -0.05) is 12.1 Å². The number of nitrogens with zero attached hydrogens (tertiary/aromatic N) is 2. The highest BCUT2D eigenvalue weighted by Crippen LogP contribution is 2.29.